The van der Waals surface area contributed by atoms with Gasteiger partial charge in [0, 0.05) is 5.56 Å². The minimum atomic E-state index is -4.21. The zero-order chi connectivity index (χ0) is 15.6. The van der Waals surface area contributed by atoms with Crippen molar-refractivity contribution in [3.8, 4) is 6.07 Å². The molecule has 0 aliphatic heterocycles. The molecular formula is C14H10F2N2O2S. The molecule has 108 valence electrons. The lowest BCUT2D eigenvalue weighted by Crippen LogP contribution is -2.15. The third-order valence-electron chi connectivity index (χ3n) is 2.84. The zero-order valence-corrected chi connectivity index (χ0v) is 11.7. The van der Waals surface area contributed by atoms with Crippen LogP contribution in [0.2, 0.25) is 0 Å². The average molecular weight is 308 g/mol. The maximum absolute atomic E-state index is 13.6. The second-order valence-corrected chi connectivity index (χ2v) is 5.93. The number of hydrogen-bond donors (Lipinski definition) is 1. The third kappa shape index (κ3) is 3.01. The van der Waals surface area contributed by atoms with E-state index in [9.17, 15) is 17.2 Å². The summed E-state index contributed by atoms with van der Waals surface area (Å²) in [7, 11) is -4.21. The van der Waals surface area contributed by atoms with Gasteiger partial charge in [-0.1, -0.05) is 12.1 Å². The predicted octanol–water partition coefficient (Wildman–Crippen LogP) is 2.95. The molecule has 0 aliphatic carbocycles. The molecule has 4 nitrogen and oxygen atoms in total. The van der Waals surface area contributed by atoms with Gasteiger partial charge in [0.2, 0.25) is 0 Å². The fourth-order valence-corrected chi connectivity index (χ4v) is 2.91. The maximum atomic E-state index is 13.6. The molecule has 0 aromatic heterocycles. The number of anilines is 1. The smallest absolute Gasteiger partial charge is 0.264 e. The first kappa shape index (κ1) is 14.9. The fraction of sp³-hybridized carbons (Fsp3) is 0.0714. The van der Waals surface area contributed by atoms with E-state index >= 15 is 0 Å². The Morgan fingerprint density at radius 3 is 2.43 bits per heavy atom. The Labute approximate surface area is 120 Å². The van der Waals surface area contributed by atoms with Crippen LogP contribution in [0.1, 0.15) is 11.1 Å². The van der Waals surface area contributed by atoms with Crippen LogP contribution in [0.25, 0.3) is 0 Å². The Morgan fingerprint density at radius 1 is 1.14 bits per heavy atom. The number of sulfonamides is 1. The number of nitriles is 1. The lowest BCUT2D eigenvalue weighted by Gasteiger charge is -2.12. The van der Waals surface area contributed by atoms with E-state index in [1.807, 2.05) is 0 Å². The summed E-state index contributed by atoms with van der Waals surface area (Å²) in [6.07, 6.45) is 0. The molecule has 0 fully saturated rings. The molecule has 0 heterocycles. The number of nitrogens with one attached hydrogen (secondary N) is 1. The van der Waals surface area contributed by atoms with E-state index < -0.39 is 26.6 Å². The van der Waals surface area contributed by atoms with Crippen molar-refractivity contribution in [2.24, 2.45) is 0 Å². The van der Waals surface area contributed by atoms with Crippen molar-refractivity contribution in [2.45, 2.75) is 11.8 Å². The second-order valence-electron chi connectivity index (χ2n) is 4.28. The van der Waals surface area contributed by atoms with E-state index in [0.717, 1.165) is 18.2 Å². The van der Waals surface area contributed by atoms with Gasteiger partial charge in [-0.15, -0.1) is 0 Å². The summed E-state index contributed by atoms with van der Waals surface area (Å²) in [5.41, 5.74) is -0.118. The molecule has 0 amide bonds. The van der Waals surface area contributed by atoms with Crippen molar-refractivity contribution in [3.63, 3.8) is 0 Å². The highest BCUT2D eigenvalue weighted by molar-refractivity contribution is 7.92. The Morgan fingerprint density at radius 2 is 1.81 bits per heavy atom. The molecule has 0 unspecified atom stereocenters. The first-order chi connectivity index (χ1) is 9.85. The van der Waals surface area contributed by atoms with Gasteiger partial charge in [0.05, 0.1) is 17.3 Å². The van der Waals surface area contributed by atoms with Crippen molar-refractivity contribution in [1.29, 1.82) is 5.26 Å². The summed E-state index contributed by atoms with van der Waals surface area (Å²) >= 11 is 0. The van der Waals surface area contributed by atoms with Crippen LogP contribution < -0.4 is 4.72 Å². The molecular weight excluding hydrogens is 298 g/mol. The number of nitrogens with zero attached hydrogens (tertiary/aromatic N) is 1. The average Bonchev–Trinajstić information content (AvgIpc) is 2.43. The van der Waals surface area contributed by atoms with Crippen molar-refractivity contribution < 1.29 is 17.2 Å². The Bertz CT molecular complexity index is 843. The van der Waals surface area contributed by atoms with Crippen LogP contribution in [0.3, 0.4) is 0 Å². The molecule has 21 heavy (non-hydrogen) atoms. The van der Waals surface area contributed by atoms with Crippen LogP contribution in [-0.2, 0) is 10.0 Å². The van der Waals surface area contributed by atoms with Crippen molar-refractivity contribution >= 4 is 15.7 Å². The van der Waals surface area contributed by atoms with Crippen molar-refractivity contribution in [1.82, 2.24) is 0 Å². The molecule has 0 saturated heterocycles. The monoisotopic (exact) mass is 308 g/mol. The lowest BCUT2D eigenvalue weighted by molar-refractivity contribution is 0.570. The normalized spacial score (nSPS) is 11.0. The molecule has 2 aromatic carbocycles. The number of halogens is 2. The molecule has 2 aromatic rings. The van der Waals surface area contributed by atoms with Crippen LogP contribution in [0, 0.1) is 29.9 Å². The summed E-state index contributed by atoms with van der Waals surface area (Å²) in [4.78, 5) is -0.549. The summed E-state index contributed by atoms with van der Waals surface area (Å²) in [6, 6.07) is 8.74. The van der Waals surface area contributed by atoms with Crippen LogP contribution in [0.5, 0.6) is 0 Å². The van der Waals surface area contributed by atoms with E-state index in [-0.39, 0.29) is 16.8 Å². The SMILES string of the molecule is Cc1c(F)cc(C#N)cc1NS(=O)(=O)c1ccccc1F. The third-order valence-corrected chi connectivity index (χ3v) is 4.24. The highest BCUT2D eigenvalue weighted by Gasteiger charge is 2.20. The van der Waals surface area contributed by atoms with Gasteiger partial charge in [-0.3, -0.25) is 4.72 Å². The molecule has 0 saturated carbocycles. The van der Waals surface area contributed by atoms with Gasteiger partial charge in [-0.05, 0) is 31.2 Å². The first-order valence-electron chi connectivity index (χ1n) is 5.83. The zero-order valence-electron chi connectivity index (χ0n) is 10.9. The topological polar surface area (TPSA) is 70.0 Å². The van der Waals surface area contributed by atoms with Crippen LogP contribution in [0.15, 0.2) is 41.3 Å². The second kappa shape index (κ2) is 5.50. The molecule has 7 heteroatoms. The summed E-state index contributed by atoms with van der Waals surface area (Å²) in [5.74, 6) is -1.64. The van der Waals surface area contributed by atoms with Crippen molar-refractivity contribution in [2.75, 3.05) is 4.72 Å². The number of hydrogen-bond acceptors (Lipinski definition) is 3. The molecule has 0 bridgehead atoms. The van der Waals surface area contributed by atoms with Gasteiger partial charge in [-0.2, -0.15) is 5.26 Å². The minimum absolute atomic E-state index is 0.0221. The molecule has 1 N–H and O–H groups in total. The highest BCUT2D eigenvalue weighted by Crippen LogP contribution is 2.24. The van der Waals surface area contributed by atoms with Gasteiger partial charge < -0.3 is 0 Å². The van der Waals surface area contributed by atoms with Gasteiger partial charge in [0.25, 0.3) is 10.0 Å². The molecule has 2 rings (SSSR count). The lowest BCUT2D eigenvalue weighted by atomic mass is 10.1. The highest BCUT2D eigenvalue weighted by atomic mass is 32.2. The molecule has 0 atom stereocenters. The van der Waals surface area contributed by atoms with E-state index in [1.54, 1.807) is 6.07 Å². The Balaban J connectivity index is 2.50. The number of benzene rings is 2. The van der Waals surface area contributed by atoms with E-state index in [0.29, 0.717) is 0 Å². The van der Waals surface area contributed by atoms with E-state index in [4.69, 9.17) is 5.26 Å². The minimum Gasteiger partial charge on any atom is -0.279 e. The van der Waals surface area contributed by atoms with Crippen LogP contribution >= 0.6 is 0 Å². The van der Waals surface area contributed by atoms with Gasteiger partial charge >= 0.3 is 0 Å². The largest absolute Gasteiger partial charge is 0.279 e. The molecule has 0 spiro atoms. The summed E-state index contributed by atoms with van der Waals surface area (Å²) in [6.45, 7) is 1.36. The van der Waals surface area contributed by atoms with Gasteiger partial charge in [-0.25, -0.2) is 17.2 Å². The predicted molar refractivity (Wildman–Crippen MR) is 73.1 cm³/mol. The Kier molecular flexibility index (Phi) is 3.91. The van der Waals surface area contributed by atoms with Gasteiger partial charge in [0.1, 0.15) is 16.5 Å². The van der Waals surface area contributed by atoms with Crippen molar-refractivity contribution in [3.05, 3.63) is 59.2 Å². The fourth-order valence-electron chi connectivity index (χ4n) is 1.71. The Hall–Kier alpha value is -2.46. The van der Waals surface area contributed by atoms with Crippen LogP contribution in [-0.4, -0.2) is 8.42 Å². The van der Waals surface area contributed by atoms with E-state index in [1.165, 1.54) is 25.1 Å². The quantitative estimate of drug-likeness (QED) is 0.947. The summed E-state index contributed by atoms with van der Waals surface area (Å²) < 4.78 is 53.5. The molecule has 0 aliphatic rings. The maximum Gasteiger partial charge on any atom is 0.264 e. The first-order valence-corrected chi connectivity index (χ1v) is 7.31. The standard InChI is InChI=1S/C14H10F2N2O2S/c1-9-12(16)6-10(8-17)7-13(9)18-21(19,20)14-5-3-2-4-11(14)15/h2-7,18H,1H3. The van der Waals surface area contributed by atoms with Gasteiger partial charge in [0.15, 0.2) is 0 Å². The summed E-state index contributed by atoms with van der Waals surface area (Å²) in [5, 5.41) is 8.78. The van der Waals surface area contributed by atoms with Crippen LogP contribution in [0.4, 0.5) is 14.5 Å². The number of rotatable bonds is 3. The van der Waals surface area contributed by atoms with E-state index in [2.05, 4.69) is 4.72 Å². The molecule has 0 radical (unpaired) electrons.